The highest BCUT2D eigenvalue weighted by Gasteiger charge is 2.08. The van der Waals surface area contributed by atoms with Crippen LogP contribution in [0.25, 0.3) is 0 Å². The molecule has 0 amide bonds. The van der Waals surface area contributed by atoms with Crippen LogP contribution in [0.3, 0.4) is 0 Å². The fourth-order valence-electron chi connectivity index (χ4n) is 3.83. The van der Waals surface area contributed by atoms with Gasteiger partial charge in [0.1, 0.15) is 0 Å². The van der Waals surface area contributed by atoms with E-state index in [0.717, 1.165) is 6.42 Å². The van der Waals surface area contributed by atoms with Crippen molar-refractivity contribution >= 4 is 0 Å². The molecular formula is C25H44O. The van der Waals surface area contributed by atoms with Crippen LogP contribution in [0, 0.1) is 5.92 Å². The maximum absolute atomic E-state index is 9.59. The molecule has 0 spiro atoms. The second-order valence-corrected chi connectivity index (χ2v) is 8.12. The van der Waals surface area contributed by atoms with Crippen molar-refractivity contribution in [1.29, 1.82) is 0 Å². The van der Waals surface area contributed by atoms with E-state index in [1.165, 1.54) is 102 Å². The van der Waals surface area contributed by atoms with Gasteiger partial charge < -0.3 is 5.11 Å². The first-order chi connectivity index (χ1) is 12.9. The number of benzene rings is 1. The van der Waals surface area contributed by atoms with Crippen LogP contribution in [0.2, 0.25) is 0 Å². The van der Waals surface area contributed by atoms with Crippen molar-refractivity contribution in [3.05, 3.63) is 35.9 Å². The Kier molecular flexibility index (Phi) is 15.7. The smallest absolute Gasteiger partial charge is 0.0462 e. The SMILES string of the molecule is CCCCCCCCCCCCCCCCC(CO)Cc1ccccc1. The second kappa shape index (κ2) is 17.6. The predicted octanol–water partition coefficient (Wildman–Crippen LogP) is 7.71. The molecular weight excluding hydrogens is 316 g/mol. The Morgan fingerprint density at radius 3 is 1.58 bits per heavy atom. The number of aliphatic hydroxyl groups excluding tert-OH is 1. The van der Waals surface area contributed by atoms with E-state index >= 15 is 0 Å². The molecule has 1 rings (SSSR count). The quantitative estimate of drug-likeness (QED) is 0.266. The van der Waals surface area contributed by atoms with Gasteiger partial charge in [-0.05, 0) is 24.3 Å². The zero-order valence-electron chi connectivity index (χ0n) is 17.4. The zero-order chi connectivity index (χ0) is 18.7. The van der Waals surface area contributed by atoms with Gasteiger partial charge in [-0.15, -0.1) is 0 Å². The summed E-state index contributed by atoms with van der Waals surface area (Å²) >= 11 is 0. The molecule has 1 heteroatoms. The van der Waals surface area contributed by atoms with Crippen molar-refractivity contribution in [2.24, 2.45) is 5.92 Å². The molecule has 0 aromatic heterocycles. The molecule has 1 N–H and O–H groups in total. The highest BCUT2D eigenvalue weighted by molar-refractivity contribution is 5.15. The number of hydrogen-bond acceptors (Lipinski definition) is 1. The van der Waals surface area contributed by atoms with Crippen LogP contribution in [0.5, 0.6) is 0 Å². The minimum absolute atomic E-state index is 0.327. The lowest BCUT2D eigenvalue weighted by Gasteiger charge is -2.14. The lowest BCUT2D eigenvalue weighted by Crippen LogP contribution is -2.09. The van der Waals surface area contributed by atoms with E-state index in [9.17, 15) is 5.11 Å². The molecule has 0 fully saturated rings. The summed E-state index contributed by atoms with van der Waals surface area (Å²) in [6.45, 7) is 2.61. The summed E-state index contributed by atoms with van der Waals surface area (Å²) in [4.78, 5) is 0. The highest BCUT2D eigenvalue weighted by Crippen LogP contribution is 2.17. The third-order valence-electron chi connectivity index (χ3n) is 5.59. The standard InChI is InChI=1S/C25H44O/c1-2-3-4-5-6-7-8-9-10-11-12-13-14-16-21-25(23-26)22-24-19-17-15-18-20-24/h15,17-20,25-26H,2-14,16,21-23H2,1H3. The zero-order valence-corrected chi connectivity index (χ0v) is 17.4. The average Bonchev–Trinajstić information content (AvgIpc) is 2.68. The summed E-state index contributed by atoms with van der Waals surface area (Å²) in [5.74, 6) is 0.440. The molecule has 0 aliphatic heterocycles. The number of hydrogen-bond donors (Lipinski definition) is 1. The van der Waals surface area contributed by atoms with Gasteiger partial charge in [0.15, 0.2) is 0 Å². The van der Waals surface area contributed by atoms with Gasteiger partial charge in [0.2, 0.25) is 0 Å². The Morgan fingerprint density at radius 2 is 1.12 bits per heavy atom. The predicted molar refractivity (Wildman–Crippen MR) is 116 cm³/mol. The third kappa shape index (κ3) is 13.4. The van der Waals surface area contributed by atoms with Gasteiger partial charge in [-0.2, -0.15) is 0 Å². The number of unbranched alkanes of at least 4 members (excludes halogenated alkanes) is 13. The van der Waals surface area contributed by atoms with Crippen LogP contribution in [0.4, 0.5) is 0 Å². The van der Waals surface area contributed by atoms with Gasteiger partial charge in [0.25, 0.3) is 0 Å². The van der Waals surface area contributed by atoms with Crippen molar-refractivity contribution in [2.75, 3.05) is 6.61 Å². The average molecular weight is 361 g/mol. The van der Waals surface area contributed by atoms with Crippen LogP contribution >= 0.6 is 0 Å². The summed E-state index contributed by atoms with van der Waals surface area (Å²) in [6, 6.07) is 10.6. The Hall–Kier alpha value is -0.820. The molecule has 0 saturated carbocycles. The fourth-order valence-corrected chi connectivity index (χ4v) is 3.83. The van der Waals surface area contributed by atoms with Crippen LogP contribution < -0.4 is 0 Å². The van der Waals surface area contributed by atoms with E-state index in [0.29, 0.717) is 12.5 Å². The maximum Gasteiger partial charge on any atom is 0.0462 e. The fraction of sp³-hybridized carbons (Fsp3) is 0.760. The van der Waals surface area contributed by atoms with Gasteiger partial charge in [0, 0.05) is 6.61 Å². The van der Waals surface area contributed by atoms with E-state index in [1.54, 1.807) is 0 Å². The summed E-state index contributed by atoms with van der Waals surface area (Å²) in [5, 5.41) is 9.59. The van der Waals surface area contributed by atoms with Crippen molar-refractivity contribution in [3.8, 4) is 0 Å². The molecule has 0 radical (unpaired) electrons. The minimum atomic E-state index is 0.327. The maximum atomic E-state index is 9.59. The topological polar surface area (TPSA) is 20.2 Å². The summed E-state index contributed by atoms with van der Waals surface area (Å²) in [6.07, 6.45) is 21.9. The van der Waals surface area contributed by atoms with Gasteiger partial charge in [-0.25, -0.2) is 0 Å². The Balaban J connectivity index is 1.85. The van der Waals surface area contributed by atoms with Crippen molar-refractivity contribution in [1.82, 2.24) is 0 Å². The molecule has 0 heterocycles. The van der Waals surface area contributed by atoms with E-state index in [-0.39, 0.29) is 0 Å². The van der Waals surface area contributed by atoms with Crippen LogP contribution in [-0.2, 0) is 6.42 Å². The van der Waals surface area contributed by atoms with Gasteiger partial charge in [-0.3, -0.25) is 0 Å². The third-order valence-corrected chi connectivity index (χ3v) is 5.59. The molecule has 0 aliphatic carbocycles. The summed E-state index contributed by atoms with van der Waals surface area (Å²) in [7, 11) is 0. The monoisotopic (exact) mass is 360 g/mol. The molecule has 1 aromatic rings. The van der Waals surface area contributed by atoms with E-state index in [4.69, 9.17) is 0 Å². The van der Waals surface area contributed by atoms with Crippen LogP contribution in [-0.4, -0.2) is 11.7 Å². The van der Waals surface area contributed by atoms with E-state index < -0.39 is 0 Å². The molecule has 1 unspecified atom stereocenters. The number of rotatable bonds is 18. The van der Waals surface area contributed by atoms with E-state index in [1.807, 2.05) is 0 Å². The molecule has 1 atom stereocenters. The molecule has 1 nitrogen and oxygen atoms in total. The lowest BCUT2D eigenvalue weighted by atomic mass is 9.94. The second-order valence-electron chi connectivity index (χ2n) is 8.12. The van der Waals surface area contributed by atoms with Gasteiger partial charge in [-0.1, -0.05) is 127 Å². The number of aliphatic hydroxyl groups is 1. The normalized spacial score (nSPS) is 12.4. The molecule has 0 aliphatic rings. The Morgan fingerprint density at radius 1 is 0.654 bits per heavy atom. The first kappa shape index (κ1) is 23.2. The van der Waals surface area contributed by atoms with Crippen molar-refractivity contribution in [2.45, 2.75) is 110 Å². The lowest BCUT2D eigenvalue weighted by molar-refractivity contribution is 0.214. The van der Waals surface area contributed by atoms with E-state index in [2.05, 4.69) is 37.3 Å². The molecule has 150 valence electrons. The molecule has 0 saturated heterocycles. The molecule has 26 heavy (non-hydrogen) atoms. The van der Waals surface area contributed by atoms with Gasteiger partial charge >= 0.3 is 0 Å². The van der Waals surface area contributed by atoms with Crippen LogP contribution in [0.15, 0.2) is 30.3 Å². The molecule has 1 aromatic carbocycles. The van der Waals surface area contributed by atoms with Gasteiger partial charge in [0.05, 0.1) is 0 Å². The van der Waals surface area contributed by atoms with Crippen molar-refractivity contribution in [3.63, 3.8) is 0 Å². The first-order valence-electron chi connectivity index (χ1n) is 11.5. The highest BCUT2D eigenvalue weighted by atomic mass is 16.3. The summed E-state index contributed by atoms with van der Waals surface area (Å²) in [5.41, 5.74) is 1.36. The first-order valence-corrected chi connectivity index (χ1v) is 11.5. The summed E-state index contributed by atoms with van der Waals surface area (Å²) < 4.78 is 0. The molecule has 0 bridgehead atoms. The minimum Gasteiger partial charge on any atom is -0.396 e. The Labute approximate surface area is 163 Å². The van der Waals surface area contributed by atoms with Crippen molar-refractivity contribution < 1.29 is 5.11 Å². The largest absolute Gasteiger partial charge is 0.396 e. The Bertz CT molecular complexity index is 386. The van der Waals surface area contributed by atoms with Crippen LogP contribution in [0.1, 0.15) is 109 Å².